The number of fused-ring (bicyclic) bond motifs is 1. The fourth-order valence-corrected chi connectivity index (χ4v) is 3.59. The summed E-state index contributed by atoms with van der Waals surface area (Å²) in [7, 11) is 0. The number of H-pyrrole nitrogens is 1. The lowest BCUT2D eigenvalue weighted by atomic mass is 10.1. The van der Waals surface area contributed by atoms with Crippen LogP contribution in [0.25, 0.3) is 5.65 Å². The van der Waals surface area contributed by atoms with Crippen LogP contribution in [0.2, 0.25) is 0 Å². The van der Waals surface area contributed by atoms with Gasteiger partial charge in [-0.25, -0.2) is 9.50 Å². The van der Waals surface area contributed by atoms with Crippen LogP contribution in [-0.2, 0) is 0 Å². The molecule has 0 spiro atoms. The van der Waals surface area contributed by atoms with Gasteiger partial charge in [0.05, 0.1) is 5.69 Å². The van der Waals surface area contributed by atoms with Crippen molar-refractivity contribution >= 4 is 5.65 Å². The molecule has 1 saturated heterocycles. The van der Waals surface area contributed by atoms with Gasteiger partial charge in [0.2, 0.25) is 0 Å². The molecule has 0 amide bonds. The zero-order valence-electron chi connectivity index (χ0n) is 11.6. The van der Waals surface area contributed by atoms with Gasteiger partial charge in [0.1, 0.15) is 0 Å². The summed E-state index contributed by atoms with van der Waals surface area (Å²) < 4.78 is 1.59. The van der Waals surface area contributed by atoms with Crippen LogP contribution in [0, 0.1) is 0 Å². The van der Waals surface area contributed by atoms with Crippen molar-refractivity contribution in [3.8, 4) is 0 Å². The van der Waals surface area contributed by atoms with E-state index in [0.29, 0.717) is 5.92 Å². The Morgan fingerprint density at radius 3 is 2.75 bits per heavy atom. The molecule has 2 N–H and O–H groups in total. The zero-order valence-corrected chi connectivity index (χ0v) is 11.6. The predicted molar refractivity (Wildman–Crippen MR) is 77.0 cm³/mol. The number of hydrogen-bond donors (Lipinski definition) is 2. The minimum Gasteiger partial charge on any atom is -0.309 e. The van der Waals surface area contributed by atoms with E-state index >= 15 is 0 Å². The average molecular weight is 272 g/mol. The standard InChI is InChI=1S/C15H20N4O/c20-15-9-13(11-6-3-7-16-11)17-14-8-12(18-19(14)15)10-4-1-2-5-10/h8-11,16,18H,1-7H2. The van der Waals surface area contributed by atoms with Crippen molar-refractivity contribution < 1.29 is 0 Å². The highest BCUT2D eigenvalue weighted by molar-refractivity contribution is 5.41. The van der Waals surface area contributed by atoms with Gasteiger partial charge in [0, 0.05) is 29.8 Å². The normalized spacial score (nSPS) is 23.9. The Morgan fingerprint density at radius 1 is 1.15 bits per heavy atom. The van der Waals surface area contributed by atoms with Gasteiger partial charge in [-0.1, -0.05) is 12.8 Å². The Labute approximate surface area is 117 Å². The molecule has 2 aromatic rings. The molecular formula is C15H20N4O. The highest BCUT2D eigenvalue weighted by Crippen LogP contribution is 2.33. The first-order chi connectivity index (χ1) is 9.81. The minimum absolute atomic E-state index is 0.00273. The smallest absolute Gasteiger partial charge is 0.272 e. The lowest BCUT2D eigenvalue weighted by molar-refractivity contribution is 0.623. The first-order valence-electron chi connectivity index (χ1n) is 7.67. The molecule has 2 aromatic heterocycles. The molecule has 5 nitrogen and oxygen atoms in total. The largest absolute Gasteiger partial charge is 0.309 e. The van der Waals surface area contributed by atoms with Crippen molar-refractivity contribution in [3.63, 3.8) is 0 Å². The lowest BCUT2D eigenvalue weighted by Crippen LogP contribution is -2.21. The van der Waals surface area contributed by atoms with Crippen LogP contribution in [0.5, 0.6) is 0 Å². The topological polar surface area (TPSA) is 62.2 Å². The summed E-state index contributed by atoms with van der Waals surface area (Å²) in [4.78, 5) is 16.9. The number of rotatable bonds is 2. The van der Waals surface area contributed by atoms with Crippen molar-refractivity contribution in [2.45, 2.75) is 50.5 Å². The van der Waals surface area contributed by atoms with E-state index in [4.69, 9.17) is 0 Å². The fourth-order valence-electron chi connectivity index (χ4n) is 3.59. The summed E-state index contributed by atoms with van der Waals surface area (Å²) in [6.45, 7) is 1.02. The van der Waals surface area contributed by atoms with E-state index in [9.17, 15) is 4.79 Å². The molecule has 0 bridgehead atoms. The molecule has 1 aliphatic heterocycles. The second kappa shape index (κ2) is 4.74. The van der Waals surface area contributed by atoms with Crippen LogP contribution in [0.4, 0.5) is 0 Å². The van der Waals surface area contributed by atoms with Crippen LogP contribution in [-0.4, -0.2) is 21.1 Å². The minimum atomic E-state index is 0.00273. The van der Waals surface area contributed by atoms with Crippen molar-refractivity contribution in [2.24, 2.45) is 0 Å². The van der Waals surface area contributed by atoms with E-state index in [-0.39, 0.29) is 11.6 Å². The number of hydrogen-bond acceptors (Lipinski definition) is 3. The van der Waals surface area contributed by atoms with Crippen molar-refractivity contribution in [2.75, 3.05) is 6.54 Å². The van der Waals surface area contributed by atoms with Gasteiger partial charge in [-0.15, -0.1) is 0 Å². The Bertz CT molecular complexity index is 675. The van der Waals surface area contributed by atoms with E-state index in [0.717, 1.165) is 30.7 Å². The van der Waals surface area contributed by atoms with Gasteiger partial charge >= 0.3 is 0 Å². The highest BCUT2D eigenvalue weighted by Gasteiger charge is 2.22. The summed E-state index contributed by atoms with van der Waals surface area (Å²) in [6, 6.07) is 3.98. The fraction of sp³-hybridized carbons (Fsp3) is 0.600. The second-order valence-electron chi connectivity index (χ2n) is 6.05. The molecule has 3 heterocycles. The Hall–Kier alpha value is -1.62. The first-order valence-corrected chi connectivity index (χ1v) is 7.67. The summed E-state index contributed by atoms with van der Waals surface area (Å²) in [6.07, 6.45) is 7.26. The molecule has 0 radical (unpaired) electrons. The maximum atomic E-state index is 12.2. The second-order valence-corrected chi connectivity index (χ2v) is 6.05. The maximum absolute atomic E-state index is 12.2. The summed E-state index contributed by atoms with van der Waals surface area (Å²) >= 11 is 0. The van der Waals surface area contributed by atoms with Gasteiger partial charge in [0.15, 0.2) is 5.65 Å². The highest BCUT2D eigenvalue weighted by atomic mass is 16.1. The molecule has 20 heavy (non-hydrogen) atoms. The van der Waals surface area contributed by atoms with E-state index < -0.39 is 0 Å². The van der Waals surface area contributed by atoms with Crippen molar-refractivity contribution in [3.05, 3.63) is 33.9 Å². The van der Waals surface area contributed by atoms with E-state index in [1.807, 2.05) is 0 Å². The van der Waals surface area contributed by atoms with Gasteiger partial charge in [-0.3, -0.25) is 9.89 Å². The zero-order chi connectivity index (χ0) is 13.5. The van der Waals surface area contributed by atoms with E-state index in [1.165, 1.54) is 31.4 Å². The quantitative estimate of drug-likeness (QED) is 0.880. The van der Waals surface area contributed by atoms with Crippen LogP contribution in [0.3, 0.4) is 0 Å². The molecule has 106 valence electrons. The van der Waals surface area contributed by atoms with Crippen molar-refractivity contribution in [1.82, 2.24) is 19.9 Å². The molecule has 1 aliphatic carbocycles. The number of nitrogens with zero attached hydrogens (tertiary/aromatic N) is 2. The van der Waals surface area contributed by atoms with Crippen LogP contribution in [0.15, 0.2) is 16.9 Å². The third-order valence-corrected chi connectivity index (χ3v) is 4.70. The molecule has 1 saturated carbocycles. The summed E-state index contributed by atoms with van der Waals surface area (Å²) in [5.41, 5.74) is 2.83. The van der Waals surface area contributed by atoms with Crippen LogP contribution >= 0.6 is 0 Å². The number of nitrogens with one attached hydrogen (secondary N) is 2. The van der Waals surface area contributed by atoms with Gasteiger partial charge in [0.25, 0.3) is 5.56 Å². The van der Waals surface area contributed by atoms with Gasteiger partial charge < -0.3 is 5.32 Å². The van der Waals surface area contributed by atoms with Crippen LogP contribution < -0.4 is 10.9 Å². The molecule has 2 fully saturated rings. The van der Waals surface area contributed by atoms with E-state index in [1.54, 1.807) is 10.6 Å². The first kappa shape index (κ1) is 12.1. The average Bonchev–Trinajstić information content (AvgIpc) is 3.19. The van der Waals surface area contributed by atoms with E-state index in [2.05, 4.69) is 21.5 Å². The molecule has 0 aromatic carbocycles. The molecular weight excluding hydrogens is 252 g/mol. The third-order valence-electron chi connectivity index (χ3n) is 4.70. The molecule has 2 aliphatic rings. The Balaban J connectivity index is 1.76. The number of aromatic nitrogens is 3. The Morgan fingerprint density at radius 2 is 2.00 bits per heavy atom. The third kappa shape index (κ3) is 1.97. The monoisotopic (exact) mass is 272 g/mol. The van der Waals surface area contributed by atoms with Gasteiger partial charge in [-0.2, -0.15) is 0 Å². The predicted octanol–water partition coefficient (Wildman–Crippen LogP) is 2.10. The Kier molecular flexibility index (Phi) is 2.88. The SMILES string of the molecule is O=c1cc(C2CCCN2)nc2cc(C3CCCC3)[nH]n12. The van der Waals surface area contributed by atoms with Crippen LogP contribution in [0.1, 0.15) is 61.9 Å². The molecule has 1 unspecified atom stereocenters. The summed E-state index contributed by atoms with van der Waals surface area (Å²) in [5.74, 6) is 0.573. The molecule has 4 rings (SSSR count). The molecule has 1 atom stereocenters. The van der Waals surface area contributed by atoms with Gasteiger partial charge in [-0.05, 0) is 32.2 Å². The molecule has 5 heteroatoms. The van der Waals surface area contributed by atoms with Crippen molar-refractivity contribution in [1.29, 1.82) is 0 Å². The summed E-state index contributed by atoms with van der Waals surface area (Å²) in [5, 5.41) is 6.65. The lowest BCUT2D eigenvalue weighted by Gasteiger charge is -2.08. The maximum Gasteiger partial charge on any atom is 0.272 e. The number of aromatic amines is 1.